The summed E-state index contributed by atoms with van der Waals surface area (Å²) < 4.78 is 21.2. The van der Waals surface area contributed by atoms with E-state index in [2.05, 4.69) is 10.6 Å². The highest BCUT2D eigenvalue weighted by atomic mass is 16.7. The van der Waals surface area contributed by atoms with Crippen LogP contribution in [0, 0.1) is 0 Å². The molecule has 4 atom stereocenters. The van der Waals surface area contributed by atoms with E-state index in [0.29, 0.717) is 0 Å². The maximum absolute atomic E-state index is 11.9. The molecule has 1 heterocycles. The Hall–Kier alpha value is -1.22. The molecule has 1 aliphatic rings. The molecule has 8 nitrogen and oxygen atoms in total. The van der Waals surface area contributed by atoms with Crippen LogP contribution in [0.25, 0.3) is 0 Å². The van der Waals surface area contributed by atoms with Crippen molar-refractivity contribution in [2.45, 2.75) is 51.4 Å². The first-order valence-corrected chi connectivity index (χ1v) is 7.32. The van der Waals surface area contributed by atoms with E-state index in [0.717, 1.165) is 0 Å². The number of carbonyl (C=O) groups excluding carboxylic acids is 2. The van der Waals surface area contributed by atoms with Crippen molar-refractivity contribution in [2.75, 3.05) is 27.4 Å². The van der Waals surface area contributed by atoms with Gasteiger partial charge in [-0.2, -0.15) is 0 Å². The molecule has 0 aliphatic carbocycles. The number of rotatable bonds is 2. The van der Waals surface area contributed by atoms with Gasteiger partial charge in [0.15, 0.2) is 12.6 Å². The molecule has 128 valence electrons. The summed E-state index contributed by atoms with van der Waals surface area (Å²) in [7, 11) is 2.94. The van der Waals surface area contributed by atoms with E-state index in [1.165, 1.54) is 14.2 Å². The number of hydrogen-bond acceptors (Lipinski definition) is 6. The normalized spacial score (nSPS) is 32.7. The molecule has 0 radical (unpaired) electrons. The number of hydrogen-bond donors (Lipinski definition) is 2. The zero-order chi connectivity index (χ0) is 16.5. The highest BCUT2D eigenvalue weighted by Crippen LogP contribution is 2.05. The zero-order valence-electron chi connectivity index (χ0n) is 13.6. The van der Waals surface area contributed by atoms with Gasteiger partial charge in [-0.3, -0.25) is 9.59 Å². The summed E-state index contributed by atoms with van der Waals surface area (Å²) in [5.41, 5.74) is 0. The molecule has 1 rings (SSSR count). The summed E-state index contributed by atoms with van der Waals surface area (Å²) in [6.07, 6.45) is -1.14. The van der Waals surface area contributed by atoms with Gasteiger partial charge in [-0.1, -0.05) is 0 Å². The average Bonchev–Trinajstić information content (AvgIpc) is 2.46. The van der Waals surface area contributed by atoms with E-state index in [1.807, 2.05) is 0 Å². The Morgan fingerprint density at radius 2 is 1.23 bits per heavy atom. The minimum atomic E-state index is -0.651. The molecule has 2 unspecified atom stereocenters. The Kier molecular flexibility index (Phi) is 8.32. The first kappa shape index (κ1) is 18.8. The molecule has 22 heavy (non-hydrogen) atoms. The predicted octanol–water partition coefficient (Wildman–Crippen LogP) is -0.232. The lowest BCUT2D eigenvalue weighted by Gasteiger charge is -2.24. The van der Waals surface area contributed by atoms with Gasteiger partial charge in [0.2, 0.25) is 11.8 Å². The van der Waals surface area contributed by atoms with Crippen molar-refractivity contribution in [3.8, 4) is 0 Å². The second-order valence-corrected chi connectivity index (χ2v) is 5.34. The van der Waals surface area contributed by atoms with Crippen molar-refractivity contribution >= 4 is 11.8 Å². The van der Waals surface area contributed by atoms with Gasteiger partial charge in [0.05, 0.1) is 26.1 Å². The number of carbonyl (C=O) groups is 2. The summed E-state index contributed by atoms with van der Waals surface area (Å²) in [6, 6.07) is -0.430. The summed E-state index contributed by atoms with van der Waals surface area (Å²) in [4.78, 5) is 23.8. The second kappa shape index (κ2) is 9.73. The summed E-state index contributed by atoms with van der Waals surface area (Å²) >= 11 is 0. The minimum absolute atomic E-state index is 0.0786. The monoisotopic (exact) mass is 318 g/mol. The van der Waals surface area contributed by atoms with Crippen molar-refractivity contribution in [3.63, 3.8) is 0 Å². The number of nitrogens with one attached hydrogen (secondary N) is 2. The van der Waals surface area contributed by atoms with Crippen LogP contribution in [0.5, 0.6) is 0 Å². The van der Waals surface area contributed by atoms with Gasteiger partial charge in [-0.05, 0) is 13.8 Å². The molecule has 0 aromatic heterocycles. The van der Waals surface area contributed by atoms with Crippen LogP contribution in [0.15, 0.2) is 0 Å². The SMILES string of the molecule is COC1CC(=O)N[C@H](C)COC(OC)CC(=O)N[C@H](C)CO1. The maximum Gasteiger partial charge on any atom is 0.225 e. The molecule has 0 aromatic rings. The van der Waals surface area contributed by atoms with Gasteiger partial charge in [0, 0.05) is 26.3 Å². The Bertz CT molecular complexity index is 331. The zero-order valence-corrected chi connectivity index (χ0v) is 13.6. The first-order valence-electron chi connectivity index (χ1n) is 7.32. The van der Waals surface area contributed by atoms with Gasteiger partial charge in [0.25, 0.3) is 0 Å². The number of ether oxygens (including phenoxy) is 4. The molecular weight excluding hydrogens is 292 g/mol. The fraction of sp³-hybridized carbons (Fsp3) is 0.857. The topological polar surface area (TPSA) is 95.1 Å². The molecule has 2 N–H and O–H groups in total. The van der Waals surface area contributed by atoms with Crippen molar-refractivity contribution in [3.05, 3.63) is 0 Å². The largest absolute Gasteiger partial charge is 0.355 e. The van der Waals surface area contributed by atoms with Crippen LogP contribution >= 0.6 is 0 Å². The van der Waals surface area contributed by atoms with Crippen molar-refractivity contribution < 1.29 is 28.5 Å². The first-order chi connectivity index (χ1) is 10.4. The van der Waals surface area contributed by atoms with E-state index in [-0.39, 0.29) is 50.0 Å². The summed E-state index contributed by atoms with van der Waals surface area (Å²) in [6.45, 7) is 4.10. The molecule has 2 amide bonds. The molecule has 0 bridgehead atoms. The predicted molar refractivity (Wildman–Crippen MR) is 77.9 cm³/mol. The highest BCUT2D eigenvalue weighted by Gasteiger charge is 2.21. The Morgan fingerprint density at radius 3 is 1.55 bits per heavy atom. The Morgan fingerprint density at radius 1 is 0.864 bits per heavy atom. The highest BCUT2D eigenvalue weighted by molar-refractivity contribution is 5.77. The van der Waals surface area contributed by atoms with Gasteiger partial charge in [0.1, 0.15) is 0 Å². The van der Waals surface area contributed by atoms with Crippen LogP contribution in [0.3, 0.4) is 0 Å². The lowest BCUT2D eigenvalue weighted by Crippen LogP contribution is -2.43. The molecule has 0 spiro atoms. The number of methoxy groups -OCH3 is 2. The quantitative estimate of drug-likeness (QED) is 0.730. The maximum atomic E-state index is 11.9. The van der Waals surface area contributed by atoms with E-state index < -0.39 is 12.6 Å². The molecule has 0 aromatic carbocycles. The average molecular weight is 318 g/mol. The molecule has 1 fully saturated rings. The third kappa shape index (κ3) is 7.17. The third-order valence-corrected chi connectivity index (χ3v) is 3.11. The standard InChI is InChI=1S/C14H26N2O6/c1-9-7-21-13(19-3)6-12(18)16-10(2)8-22-14(20-4)5-11(17)15-9/h9-10,13-14H,5-8H2,1-4H3,(H,15,17)(H,16,18)/t9-,10-,13?,14?/m1/s1. The third-order valence-electron chi connectivity index (χ3n) is 3.11. The lowest BCUT2D eigenvalue weighted by atomic mass is 10.3. The summed E-state index contributed by atoms with van der Waals surface area (Å²) in [5.74, 6) is -0.378. The van der Waals surface area contributed by atoms with E-state index in [1.54, 1.807) is 13.8 Å². The van der Waals surface area contributed by atoms with Crippen LogP contribution in [0.2, 0.25) is 0 Å². The van der Waals surface area contributed by atoms with Crippen LogP contribution in [0.4, 0.5) is 0 Å². The van der Waals surface area contributed by atoms with Crippen LogP contribution in [0.1, 0.15) is 26.7 Å². The smallest absolute Gasteiger partial charge is 0.225 e. The number of amides is 2. The molecular formula is C14H26N2O6. The van der Waals surface area contributed by atoms with Gasteiger partial charge in [-0.15, -0.1) is 0 Å². The molecule has 0 saturated carbocycles. The summed E-state index contributed by atoms with van der Waals surface area (Å²) in [5, 5.41) is 5.57. The van der Waals surface area contributed by atoms with Crippen molar-refractivity contribution in [1.82, 2.24) is 10.6 Å². The van der Waals surface area contributed by atoms with Gasteiger partial charge < -0.3 is 29.6 Å². The molecule has 8 heteroatoms. The molecule has 1 saturated heterocycles. The Labute approximate surface area is 130 Å². The van der Waals surface area contributed by atoms with Crippen LogP contribution in [-0.2, 0) is 28.5 Å². The van der Waals surface area contributed by atoms with E-state index in [9.17, 15) is 9.59 Å². The minimum Gasteiger partial charge on any atom is -0.355 e. The fourth-order valence-corrected chi connectivity index (χ4v) is 1.98. The second-order valence-electron chi connectivity index (χ2n) is 5.34. The Balaban J connectivity index is 2.69. The van der Waals surface area contributed by atoms with Crippen molar-refractivity contribution in [1.29, 1.82) is 0 Å². The van der Waals surface area contributed by atoms with E-state index >= 15 is 0 Å². The van der Waals surface area contributed by atoms with Crippen LogP contribution in [-0.4, -0.2) is 63.9 Å². The van der Waals surface area contributed by atoms with Gasteiger partial charge >= 0.3 is 0 Å². The van der Waals surface area contributed by atoms with Crippen molar-refractivity contribution in [2.24, 2.45) is 0 Å². The van der Waals surface area contributed by atoms with E-state index in [4.69, 9.17) is 18.9 Å². The van der Waals surface area contributed by atoms with Gasteiger partial charge in [-0.25, -0.2) is 0 Å². The lowest BCUT2D eigenvalue weighted by molar-refractivity contribution is -0.159. The van der Waals surface area contributed by atoms with Crippen LogP contribution < -0.4 is 10.6 Å². The molecule has 1 aliphatic heterocycles. The fourth-order valence-electron chi connectivity index (χ4n) is 1.98.